The molecule has 10 heteroatoms. The summed E-state index contributed by atoms with van der Waals surface area (Å²) in [4.78, 5) is 35.5. The van der Waals surface area contributed by atoms with Crippen LogP contribution in [0.5, 0.6) is 0 Å². The summed E-state index contributed by atoms with van der Waals surface area (Å²) in [6, 6.07) is 0. The average molecular weight is 897 g/mol. The fourth-order valence-electron chi connectivity index (χ4n) is 7.09. The lowest BCUT2D eigenvalue weighted by Crippen LogP contribution is -2.37. The molecular weight excluding hydrogens is 798 g/mol. The van der Waals surface area contributed by atoms with Gasteiger partial charge in [-0.1, -0.05) is 185 Å². The van der Waals surface area contributed by atoms with Gasteiger partial charge in [0.1, 0.15) is 19.8 Å². The third kappa shape index (κ3) is 47.7. The molecule has 0 bridgehead atoms. The molecule has 0 saturated heterocycles. The molecule has 0 spiro atoms. The fourth-order valence-corrected chi connectivity index (χ4v) is 7.83. The zero-order valence-corrected chi connectivity index (χ0v) is 42.0. The molecule has 0 saturated carbocycles. The molecule has 62 heavy (non-hydrogen) atoms. The molecule has 9 nitrogen and oxygen atoms in total. The van der Waals surface area contributed by atoms with Gasteiger partial charge in [-0.25, -0.2) is 4.57 Å². The molecule has 0 radical (unpaired) electrons. The van der Waals surface area contributed by atoms with E-state index in [0.717, 1.165) is 64.2 Å². The Morgan fingerprint density at radius 2 is 0.855 bits per heavy atom. The predicted octanol–water partition coefficient (Wildman–Crippen LogP) is 15.3. The number of allylic oxidation sites excluding steroid dienone is 6. The lowest BCUT2D eigenvalue weighted by atomic mass is 10.0. The molecule has 0 heterocycles. The minimum Gasteiger partial charge on any atom is -0.462 e. The Morgan fingerprint density at radius 3 is 1.29 bits per heavy atom. The summed E-state index contributed by atoms with van der Waals surface area (Å²) < 4.78 is 34.4. The van der Waals surface area contributed by atoms with Crippen LogP contribution in [-0.2, 0) is 32.7 Å². The van der Waals surface area contributed by atoms with Crippen molar-refractivity contribution in [2.24, 2.45) is 0 Å². The molecule has 2 atom stereocenters. The van der Waals surface area contributed by atoms with Gasteiger partial charge in [0.15, 0.2) is 6.10 Å². The molecule has 0 aliphatic carbocycles. The highest BCUT2D eigenvalue weighted by Crippen LogP contribution is 2.43. The van der Waals surface area contributed by atoms with Crippen LogP contribution in [0.2, 0.25) is 0 Å². The maximum absolute atomic E-state index is 12.7. The maximum atomic E-state index is 12.7. The Balaban J connectivity index is 4.29. The zero-order valence-electron chi connectivity index (χ0n) is 41.1. The van der Waals surface area contributed by atoms with E-state index in [1.807, 2.05) is 21.1 Å². The highest BCUT2D eigenvalue weighted by atomic mass is 31.2. The first-order valence-corrected chi connectivity index (χ1v) is 27.2. The van der Waals surface area contributed by atoms with E-state index in [4.69, 9.17) is 18.5 Å². The van der Waals surface area contributed by atoms with E-state index in [1.165, 1.54) is 135 Å². The third-order valence-corrected chi connectivity index (χ3v) is 12.1. The van der Waals surface area contributed by atoms with E-state index in [2.05, 4.69) is 50.3 Å². The number of carbonyl (C=O) groups is 2. The fraction of sp³-hybridized carbons (Fsp3) is 0.846. The van der Waals surface area contributed by atoms with E-state index in [9.17, 15) is 19.0 Å². The van der Waals surface area contributed by atoms with Crippen molar-refractivity contribution >= 4 is 19.8 Å². The molecule has 364 valence electrons. The van der Waals surface area contributed by atoms with Gasteiger partial charge < -0.3 is 18.9 Å². The van der Waals surface area contributed by atoms with E-state index in [-0.39, 0.29) is 32.0 Å². The number of likely N-dealkylation sites (N-methyl/N-ethyl adjacent to an activating group) is 1. The Kier molecular flexibility index (Phi) is 43.2. The third-order valence-electron chi connectivity index (χ3n) is 11.1. The van der Waals surface area contributed by atoms with Crippen molar-refractivity contribution in [3.05, 3.63) is 36.5 Å². The summed E-state index contributed by atoms with van der Waals surface area (Å²) in [5.41, 5.74) is 0. The summed E-state index contributed by atoms with van der Waals surface area (Å²) in [5, 5.41) is 0. The van der Waals surface area contributed by atoms with Gasteiger partial charge in [0.2, 0.25) is 0 Å². The Labute approximate surface area is 382 Å². The first-order valence-electron chi connectivity index (χ1n) is 25.7. The van der Waals surface area contributed by atoms with Gasteiger partial charge in [0.05, 0.1) is 27.7 Å². The number of esters is 2. The number of rotatable bonds is 47. The van der Waals surface area contributed by atoms with Gasteiger partial charge in [-0.2, -0.15) is 0 Å². The summed E-state index contributed by atoms with van der Waals surface area (Å²) in [6.45, 7) is 4.39. The Bertz CT molecular complexity index is 1150. The molecule has 0 aromatic rings. The Hall–Kier alpha value is -1.77. The number of carbonyl (C=O) groups excluding carboxylic acids is 2. The first-order chi connectivity index (χ1) is 30.0. The number of ether oxygens (including phenoxy) is 2. The summed E-state index contributed by atoms with van der Waals surface area (Å²) >= 11 is 0. The normalized spacial score (nSPS) is 13.7. The van der Waals surface area contributed by atoms with Gasteiger partial charge in [0.25, 0.3) is 0 Å². The zero-order chi connectivity index (χ0) is 45.7. The highest BCUT2D eigenvalue weighted by Gasteiger charge is 2.27. The van der Waals surface area contributed by atoms with Crippen LogP contribution in [0, 0.1) is 0 Å². The second-order valence-electron chi connectivity index (χ2n) is 18.5. The minimum atomic E-state index is -4.39. The second kappa shape index (κ2) is 44.4. The van der Waals surface area contributed by atoms with Crippen LogP contribution in [0.1, 0.15) is 232 Å². The van der Waals surface area contributed by atoms with Crippen molar-refractivity contribution in [3.63, 3.8) is 0 Å². The number of nitrogens with zero attached hydrogens (tertiary/aromatic N) is 1. The SMILES string of the molecule is CCCCCCCC/C=C/CCCCCCCC(=O)OC[C@H](COP(=O)(O)OCC[N+](C)(C)C)OC(=O)CCC/C=C/CC/C=C/CCCCCCCCCCCCCCCC. The molecule has 0 aromatic heterocycles. The predicted molar refractivity (Wildman–Crippen MR) is 261 cm³/mol. The van der Waals surface area contributed by atoms with Crippen LogP contribution < -0.4 is 0 Å². The van der Waals surface area contributed by atoms with E-state index in [1.54, 1.807) is 0 Å². The van der Waals surface area contributed by atoms with Crippen molar-refractivity contribution in [2.45, 2.75) is 238 Å². The van der Waals surface area contributed by atoms with Crippen molar-refractivity contribution in [1.82, 2.24) is 0 Å². The molecule has 0 amide bonds. The van der Waals surface area contributed by atoms with Gasteiger partial charge >= 0.3 is 19.8 Å². The molecular formula is C52H99NO8P+. The van der Waals surface area contributed by atoms with E-state index < -0.39 is 26.5 Å². The summed E-state index contributed by atoms with van der Waals surface area (Å²) in [5.74, 6) is -0.852. The van der Waals surface area contributed by atoms with Gasteiger partial charge in [-0.05, 0) is 70.6 Å². The quantitative estimate of drug-likeness (QED) is 0.0212. The average Bonchev–Trinajstić information content (AvgIpc) is 3.23. The second-order valence-corrected chi connectivity index (χ2v) is 20.0. The molecule has 0 aliphatic heterocycles. The number of phosphoric acid groups is 1. The summed E-state index contributed by atoms with van der Waals surface area (Å²) in [7, 11) is 1.45. The molecule has 0 fully saturated rings. The standard InChI is InChI=1S/C52H98NO8P/c1-6-8-10-12-14-16-18-20-22-23-24-25-26-27-28-29-31-33-35-37-39-41-43-45-52(55)61-50(49-60-62(56,57)59-47-46-53(3,4)5)48-58-51(54)44-42-40-38-36-34-32-30-21-19-17-15-13-11-9-7-2/h21,29-31,37,39,50H,6-20,22-28,32-36,38,40-49H2,1-5H3/p+1/b30-21+,31-29+,39-37+/t50-/m1/s1. The van der Waals surface area contributed by atoms with Crippen molar-refractivity contribution in [1.29, 1.82) is 0 Å². The highest BCUT2D eigenvalue weighted by molar-refractivity contribution is 7.47. The van der Waals surface area contributed by atoms with Gasteiger partial charge in [0, 0.05) is 12.8 Å². The van der Waals surface area contributed by atoms with Gasteiger partial charge in [-0.15, -0.1) is 0 Å². The molecule has 0 rings (SSSR count). The lowest BCUT2D eigenvalue weighted by Gasteiger charge is -2.24. The molecule has 0 aromatic carbocycles. The van der Waals surface area contributed by atoms with Crippen LogP contribution in [0.15, 0.2) is 36.5 Å². The topological polar surface area (TPSA) is 108 Å². The van der Waals surface area contributed by atoms with E-state index >= 15 is 0 Å². The first kappa shape index (κ1) is 60.2. The molecule has 1 unspecified atom stereocenters. The number of quaternary nitrogens is 1. The number of hydrogen-bond acceptors (Lipinski definition) is 7. The van der Waals surface area contributed by atoms with Crippen LogP contribution in [-0.4, -0.2) is 74.9 Å². The smallest absolute Gasteiger partial charge is 0.462 e. The molecule has 1 N–H and O–H groups in total. The number of hydrogen-bond donors (Lipinski definition) is 1. The lowest BCUT2D eigenvalue weighted by molar-refractivity contribution is -0.870. The van der Waals surface area contributed by atoms with Crippen LogP contribution in [0.4, 0.5) is 0 Å². The van der Waals surface area contributed by atoms with Crippen molar-refractivity contribution < 1.29 is 42.1 Å². The summed E-state index contributed by atoms with van der Waals surface area (Å²) in [6.07, 6.45) is 52.1. The van der Waals surface area contributed by atoms with E-state index in [0.29, 0.717) is 17.4 Å². The number of unbranched alkanes of at least 4 members (excludes halogenated alkanes) is 27. The maximum Gasteiger partial charge on any atom is 0.472 e. The monoisotopic (exact) mass is 897 g/mol. The van der Waals surface area contributed by atoms with Crippen molar-refractivity contribution in [3.8, 4) is 0 Å². The largest absolute Gasteiger partial charge is 0.472 e. The van der Waals surface area contributed by atoms with Gasteiger partial charge in [-0.3, -0.25) is 18.6 Å². The van der Waals surface area contributed by atoms with Crippen molar-refractivity contribution in [2.75, 3.05) is 47.5 Å². The van der Waals surface area contributed by atoms with Crippen LogP contribution in [0.3, 0.4) is 0 Å². The minimum absolute atomic E-state index is 0.0238. The van der Waals surface area contributed by atoms with Crippen LogP contribution in [0.25, 0.3) is 0 Å². The Morgan fingerprint density at radius 1 is 0.484 bits per heavy atom. The van der Waals surface area contributed by atoms with Crippen LogP contribution >= 0.6 is 7.82 Å². The number of phosphoric ester groups is 1. The molecule has 0 aliphatic rings.